The Hall–Kier alpha value is -2.28. The minimum atomic E-state index is -0.452. The third-order valence-electron chi connectivity index (χ3n) is 2.72. The second-order valence-electron chi connectivity index (χ2n) is 5.03. The summed E-state index contributed by atoms with van der Waals surface area (Å²) < 4.78 is 11.1. The fraction of sp³-hybridized carbons (Fsp3) is 0.250. The van der Waals surface area contributed by atoms with Crippen LogP contribution >= 0.6 is 15.9 Å². The standard InChI is InChI=1S/C16H17BrN2O4/c1-10(2)22-12-5-3-11(4-6-12)19-15(20)9-18-16(21)13-7-8-14(17)23-13/h3-8,10H,9H2,1-2H3,(H,18,21)(H,19,20). The molecule has 2 amide bonds. The third kappa shape index (κ3) is 5.45. The summed E-state index contributed by atoms with van der Waals surface area (Å²) in [5.41, 5.74) is 0.626. The van der Waals surface area contributed by atoms with E-state index in [1.165, 1.54) is 6.07 Å². The monoisotopic (exact) mass is 380 g/mol. The summed E-state index contributed by atoms with van der Waals surface area (Å²) in [5.74, 6) is 0.0857. The number of amides is 2. The number of hydrogen-bond donors (Lipinski definition) is 2. The first-order chi connectivity index (χ1) is 10.9. The van der Waals surface area contributed by atoms with Gasteiger partial charge in [-0.05, 0) is 66.2 Å². The lowest BCUT2D eigenvalue weighted by Crippen LogP contribution is -2.32. The van der Waals surface area contributed by atoms with E-state index >= 15 is 0 Å². The molecule has 0 aliphatic carbocycles. The van der Waals surface area contributed by atoms with E-state index in [4.69, 9.17) is 9.15 Å². The molecule has 1 heterocycles. The Bertz CT molecular complexity index is 680. The molecular formula is C16H17BrN2O4. The molecular weight excluding hydrogens is 364 g/mol. The van der Waals surface area contributed by atoms with Crippen molar-refractivity contribution in [3.8, 4) is 5.75 Å². The molecule has 7 heteroatoms. The van der Waals surface area contributed by atoms with Crippen LogP contribution in [0.2, 0.25) is 0 Å². The van der Waals surface area contributed by atoms with Crippen LogP contribution in [0.4, 0.5) is 5.69 Å². The normalized spacial score (nSPS) is 10.4. The molecule has 2 aromatic rings. The quantitative estimate of drug-likeness (QED) is 0.806. The average Bonchev–Trinajstić information content (AvgIpc) is 2.93. The van der Waals surface area contributed by atoms with Crippen LogP contribution in [-0.4, -0.2) is 24.5 Å². The lowest BCUT2D eigenvalue weighted by Gasteiger charge is -2.10. The minimum absolute atomic E-state index is 0.0901. The summed E-state index contributed by atoms with van der Waals surface area (Å²) in [5, 5.41) is 5.16. The van der Waals surface area contributed by atoms with Gasteiger partial charge in [-0.1, -0.05) is 0 Å². The van der Waals surface area contributed by atoms with E-state index in [9.17, 15) is 9.59 Å². The molecule has 0 saturated heterocycles. The highest BCUT2D eigenvalue weighted by molar-refractivity contribution is 9.10. The number of ether oxygens (including phenoxy) is 1. The molecule has 0 spiro atoms. The topological polar surface area (TPSA) is 80.6 Å². The largest absolute Gasteiger partial charge is 0.491 e. The fourth-order valence-corrected chi connectivity index (χ4v) is 2.08. The van der Waals surface area contributed by atoms with Crippen molar-refractivity contribution in [3.05, 3.63) is 46.8 Å². The molecule has 0 aliphatic heterocycles. The molecule has 1 aromatic carbocycles. The summed E-state index contributed by atoms with van der Waals surface area (Å²) in [7, 11) is 0. The van der Waals surface area contributed by atoms with E-state index in [0.717, 1.165) is 5.75 Å². The van der Waals surface area contributed by atoms with E-state index in [1.54, 1.807) is 30.3 Å². The first-order valence-corrected chi connectivity index (χ1v) is 7.83. The molecule has 0 atom stereocenters. The van der Waals surface area contributed by atoms with Gasteiger partial charge in [0.05, 0.1) is 12.6 Å². The van der Waals surface area contributed by atoms with Crippen LogP contribution in [0.3, 0.4) is 0 Å². The van der Waals surface area contributed by atoms with Crippen molar-refractivity contribution in [1.82, 2.24) is 5.32 Å². The molecule has 2 rings (SSSR count). The molecule has 2 N–H and O–H groups in total. The van der Waals surface area contributed by atoms with Gasteiger partial charge in [0.1, 0.15) is 5.75 Å². The molecule has 0 aliphatic rings. The van der Waals surface area contributed by atoms with Crippen LogP contribution in [0.5, 0.6) is 5.75 Å². The Labute approximate surface area is 142 Å². The summed E-state index contributed by atoms with van der Waals surface area (Å²) in [6, 6.07) is 10.1. The van der Waals surface area contributed by atoms with Gasteiger partial charge in [0.25, 0.3) is 5.91 Å². The molecule has 23 heavy (non-hydrogen) atoms. The van der Waals surface area contributed by atoms with E-state index < -0.39 is 5.91 Å². The van der Waals surface area contributed by atoms with Crippen LogP contribution < -0.4 is 15.4 Å². The average molecular weight is 381 g/mol. The van der Waals surface area contributed by atoms with Gasteiger partial charge in [-0.15, -0.1) is 0 Å². The van der Waals surface area contributed by atoms with Gasteiger partial charge in [0.15, 0.2) is 10.4 Å². The fourth-order valence-electron chi connectivity index (χ4n) is 1.78. The molecule has 1 aromatic heterocycles. The molecule has 0 fully saturated rings. The number of halogens is 1. The molecule has 0 bridgehead atoms. The van der Waals surface area contributed by atoms with E-state index in [1.807, 2.05) is 13.8 Å². The third-order valence-corrected chi connectivity index (χ3v) is 3.14. The van der Waals surface area contributed by atoms with E-state index in [2.05, 4.69) is 26.6 Å². The molecule has 0 radical (unpaired) electrons. The van der Waals surface area contributed by atoms with Crippen molar-refractivity contribution in [2.24, 2.45) is 0 Å². The maximum atomic E-state index is 11.8. The highest BCUT2D eigenvalue weighted by Gasteiger charge is 2.12. The Morgan fingerprint density at radius 1 is 1.17 bits per heavy atom. The van der Waals surface area contributed by atoms with Crippen LogP contribution in [0.25, 0.3) is 0 Å². The molecule has 0 saturated carbocycles. The lowest BCUT2D eigenvalue weighted by molar-refractivity contribution is -0.115. The predicted molar refractivity (Wildman–Crippen MR) is 89.6 cm³/mol. The van der Waals surface area contributed by atoms with Crippen molar-refractivity contribution in [1.29, 1.82) is 0 Å². The zero-order valence-electron chi connectivity index (χ0n) is 12.8. The second kappa shape index (κ2) is 7.82. The first kappa shape index (κ1) is 17.1. The smallest absolute Gasteiger partial charge is 0.287 e. The number of rotatable bonds is 6. The SMILES string of the molecule is CC(C)Oc1ccc(NC(=O)CNC(=O)c2ccc(Br)o2)cc1. The Morgan fingerprint density at radius 3 is 2.43 bits per heavy atom. The summed E-state index contributed by atoms with van der Waals surface area (Å²) in [4.78, 5) is 23.6. The van der Waals surface area contributed by atoms with Gasteiger partial charge in [0.2, 0.25) is 5.91 Å². The Kier molecular flexibility index (Phi) is 5.81. The Morgan fingerprint density at radius 2 is 1.87 bits per heavy atom. The maximum Gasteiger partial charge on any atom is 0.287 e. The van der Waals surface area contributed by atoms with Gasteiger partial charge >= 0.3 is 0 Å². The minimum Gasteiger partial charge on any atom is -0.491 e. The number of anilines is 1. The van der Waals surface area contributed by atoms with Gasteiger partial charge in [0, 0.05) is 5.69 Å². The van der Waals surface area contributed by atoms with Crippen molar-refractivity contribution >= 4 is 33.4 Å². The molecule has 122 valence electrons. The number of carbonyl (C=O) groups excluding carboxylic acids is 2. The zero-order valence-corrected chi connectivity index (χ0v) is 14.3. The predicted octanol–water partition coefficient (Wildman–Crippen LogP) is 3.20. The van der Waals surface area contributed by atoms with E-state index in [-0.39, 0.29) is 24.3 Å². The van der Waals surface area contributed by atoms with Crippen LogP contribution in [-0.2, 0) is 4.79 Å². The van der Waals surface area contributed by atoms with Crippen molar-refractivity contribution in [3.63, 3.8) is 0 Å². The van der Waals surface area contributed by atoms with Gasteiger partial charge in [-0.25, -0.2) is 0 Å². The number of carbonyl (C=O) groups is 2. The van der Waals surface area contributed by atoms with Crippen molar-refractivity contribution in [2.45, 2.75) is 20.0 Å². The van der Waals surface area contributed by atoms with Gasteiger partial charge in [-0.3, -0.25) is 9.59 Å². The maximum absolute atomic E-state index is 11.8. The highest BCUT2D eigenvalue weighted by atomic mass is 79.9. The zero-order chi connectivity index (χ0) is 16.8. The molecule has 0 unspecified atom stereocenters. The van der Waals surface area contributed by atoms with Crippen molar-refractivity contribution in [2.75, 3.05) is 11.9 Å². The van der Waals surface area contributed by atoms with Gasteiger partial charge in [-0.2, -0.15) is 0 Å². The van der Waals surface area contributed by atoms with Crippen LogP contribution in [0.15, 0.2) is 45.5 Å². The summed E-state index contributed by atoms with van der Waals surface area (Å²) in [6.45, 7) is 3.73. The van der Waals surface area contributed by atoms with Crippen LogP contribution in [0.1, 0.15) is 24.4 Å². The second-order valence-corrected chi connectivity index (χ2v) is 5.81. The highest BCUT2D eigenvalue weighted by Crippen LogP contribution is 2.17. The number of furan rings is 1. The number of benzene rings is 1. The molecule has 6 nitrogen and oxygen atoms in total. The lowest BCUT2D eigenvalue weighted by atomic mass is 10.3. The number of nitrogens with one attached hydrogen (secondary N) is 2. The van der Waals surface area contributed by atoms with E-state index in [0.29, 0.717) is 10.4 Å². The first-order valence-electron chi connectivity index (χ1n) is 7.04. The Balaban J connectivity index is 1.81. The van der Waals surface area contributed by atoms with Crippen LogP contribution in [0, 0.1) is 0 Å². The summed E-state index contributed by atoms with van der Waals surface area (Å²) >= 11 is 3.11. The van der Waals surface area contributed by atoms with Crippen molar-refractivity contribution < 1.29 is 18.7 Å². The summed E-state index contributed by atoms with van der Waals surface area (Å²) in [6.07, 6.45) is 0.0901. The number of hydrogen-bond acceptors (Lipinski definition) is 4. The van der Waals surface area contributed by atoms with Gasteiger partial charge < -0.3 is 19.8 Å².